The van der Waals surface area contributed by atoms with Crippen molar-refractivity contribution in [3.8, 4) is 11.6 Å². The van der Waals surface area contributed by atoms with E-state index in [1.807, 2.05) is 20.8 Å². The van der Waals surface area contributed by atoms with Crippen molar-refractivity contribution in [1.82, 2.24) is 20.2 Å². The highest BCUT2D eigenvalue weighted by atomic mass is 19.2. The number of carbonyl (C=O) groups is 3. The third-order valence-electron chi connectivity index (χ3n) is 10.2. The largest absolute Gasteiger partial charge is 0.497 e. The molecule has 3 fully saturated rings. The van der Waals surface area contributed by atoms with Crippen LogP contribution in [0.4, 0.5) is 13.6 Å². The van der Waals surface area contributed by atoms with E-state index in [0.717, 1.165) is 12.8 Å². The van der Waals surface area contributed by atoms with Crippen molar-refractivity contribution < 1.29 is 37.4 Å². The number of aromatic nitrogens is 2. The highest BCUT2D eigenvalue weighted by Crippen LogP contribution is 2.58. The average molecular weight is 629 g/mol. The van der Waals surface area contributed by atoms with Crippen molar-refractivity contribution in [1.29, 1.82) is 0 Å². The van der Waals surface area contributed by atoms with E-state index in [4.69, 9.17) is 14.2 Å². The van der Waals surface area contributed by atoms with E-state index < -0.39 is 53.9 Å². The number of hydrogen-bond donors (Lipinski definition) is 1. The van der Waals surface area contributed by atoms with Gasteiger partial charge < -0.3 is 29.2 Å². The number of methoxy groups -OCH3 is 1. The molecular formula is C33H42F2N4O6. The number of alkyl carbamates (subject to hydrolysis) is 1. The van der Waals surface area contributed by atoms with E-state index in [0.29, 0.717) is 47.7 Å². The summed E-state index contributed by atoms with van der Waals surface area (Å²) < 4.78 is 49.1. The van der Waals surface area contributed by atoms with Gasteiger partial charge in [0, 0.05) is 12.0 Å². The molecule has 0 radical (unpaired) electrons. The zero-order chi connectivity index (χ0) is 32.2. The average Bonchev–Trinajstić information content (AvgIpc) is 3.58. The highest BCUT2D eigenvalue weighted by molar-refractivity contribution is 5.89. The third-order valence-corrected chi connectivity index (χ3v) is 10.2. The molecule has 10 atom stereocenters. The molecule has 10 nitrogen and oxygen atoms in total. The lowest BCUT2D eigenvalue weighted by Gasteiger charge is -2.35. The predicted molar refractivity (Wildman–Crippen MR) is 160 cm³/mol. The van der Waals surface area contributed by atoms with Crippen LogP contribution in [-0.2, 0) is 14.3 Å². The molecule has 2 amide bonds. The number of benzene rings is 1. The van der Waals surface area contributed by atoms with E-state index in [2.05, 4.69) is 15.3 Å². The lowest BCUT2D eigenvalue weighted by molar-refractivity contribution is -0.139. The standard InChI is InChI=1S/C33H42F2N4O6/c1-16-24(15-40)39-14-26(16)44-30-28(36-22-10-9-18(43-5)13-23(22)37-30)27(35)21(34)8-6-7-19-20-11-17(20)12-25(19)45-32(42)38-29(31(39)41)33(2,3)4/h9-10,13,15-17,19-21,24-27,29H,6-8,11-12,14H2,1-5H3,(H,38,42)/t16?,17?,19-,20?,21?,24-,25-,26+,27?,29-/m1/s1. The van der Waals surface area contributed by atoms with Gasteiger partial charge in [0.25, 0.3) is 0 Å². The Labute approximate surface area is 261 Å². The lowest BCUT2D eigenvalue weighted by atomic mass is 9.85. The van der Waals surface area contributed by atoms with E-state index in [-0.39, 0.29) is 36.6 Å². The van der Waals surface area contributed by atoms with Crippen molar-refractivity contribution >= 4 is 29.3 Å². The molecule has 1 saturated heterocycles. The van der Waals surface area contributed by atoms with Gasteiger partial charge in [0.15, 0.2) is 6.17 Å². The summed E-state index contributed by atoms with van der Waals surface area (Å²) in [4.78, 5) is 50.0. The summed E-state index contributed by atoms with van der Waals surface area (Å²) in [5.74, 6) is 0.236. The normalized spacial score (nSPS) is 35.6. The van der Waals surface area contributed by atoms with Gasteiger partial charge in [-0.1, -0.05) is 34.1 Å². The van der Waals surface area contributed by atoms with Gasteiger partial charge in [0.1, 0.15) is 42.2 Å². The van der Waals surface area contributed by atoms with Crippen molar-refractivity contribution in [3.63, 3.8) is 0 Å². The van der Waals surface area contributed by atoms with Crippen LogP contribution >= 0.6 is 0 Å². The maximum atomic E-state index is 16.0. The second-order valence-electron chi connectivity index (χ2n) is 14.2. The van der Waals surface area contributed by atoms with Gasteiger partial charge in [-0.05, 0) is 61.0 Å². The number of nitrogens with zero attached hydrogens (tertiary/aromatic N) is 3. The molecule has 2 aromatic rings. The van der Waals surface area contributed by atoms with Crippen LogP contribution in [0.2, 0.25) is 0 Å². The van der Waals surface area contributed by atoms with Crippen LogP contribution in [-0.4, -0.2) is 77.3 Å². The minimum atomic E-state index is -2.12. The summed E-state index contributed by atoms with van der Waals surface area (Å²) in [6, 6.07) is 3.05. The van der Waals surface area contributed by atoms with Crippen LogP contribution in [0.3, 0.4) is 0 Å². The van der Waals surface area contributed by atoms with Crippen LogP contribution < -0.4 is 14.8 Å². The number of ether oxygens (including phenoxy) is 3. The summed E-state index contributed by atoms with van der Waals surface area (Å²) in [5, 5.41) is 2.80. The molecule has 2 saturated carbocycles. The SMILES string of the molecule is COc1ccc2nc3c(nc2c1)O[C@H]1CN(C(=O)[C@H](C(C)(C)C)NC(=O)O[C@@H]2CC4CC4[C@H]2CCCC(F)C3F)[C@H](C=O)C1C. The number of amides is 2. The van der Waals surface area contributed by atoms with Crippen molar-refractivity contribution in [2.45, 2.75) is 96.4 Å². The maximum Gasteiger partial charge on any atom is 0.408 e. The monoisotopic (exact) mass is 628 g/mol. The first-order valence-corrected chi connectivity index (χ1v) is 15.9. The Balaban J connectivity index is 1.39. The van der Waals surface area contributed by atoms with E-state index in [1.54, 1.807) is 25.1 Å². The minimum absolute atomic E-state index is 0.0337. The third kappa shape index (κ3) is 6.04. The Morgan fingerprint density at radius 3 is 2.53 bits per heavy atom. The second kappa shape index (κ2) is 12.0. The zero-order valence-corrected chi connectivity index (χ0v) is 26.4. The first kappa shape index (κ1) is 31.4. The van der Waals surface area contributed by atoms with Gasteiger partial charge in [-0.3, -0.25) is 4.79 Å². The summed E-state index contributed by atoms with van der Waals surface area (Å²) in [6.07, 6.45) is -2.43. The number of nitrogens with one attached hydrogen (secondary N) is 1. The van der Waals surface area contributed by atoms with Crippen LogP contribution in [0.25, 0.3) is 11.0 Å². The van der Waals surface area contributed by atoms with Gasteiger partial charge in [-0.2, -0.15) is 0 Å². The fourth-order valence-electron chi connectivity index (χ4n) is 7.45. The summed E-state index contributed by atoms with van der Waals surface area (Å²) in [5.41, 5.74) is -0.251. The molecule has 1 aromatic heterocycles. The Hall–Kier alpha value is -3.57. The van der Waals surface area contributed by atoms with Gasteiger partial charge >= 0.3 is 6.09 Å². The molecular weight excluding hydrogens is 586 g/mol. The van der Waals surface area contributed by atoms with Crippen molar-refractivity contribution in [2.24, 2.45) is 29.1 Å². The molecule has 0 spiro atoms. The maximum absolute atomic E-state index is 16.0. The van der Waals surface area contributed by atoms with Crippen molar-refractivity contribution in [3.05, 3.63) is 23.9 Å². The number of carbonyl (C=O) groups excluding carboxylic acids is 3. The molecule has 2 bridgehead atoms. The summed E-state index contributed by atoms with van der Waals surface area (Å²) >= 11 is 0. The van der Waals surface area contributed by atoms with E-state index >= 15 is 8.78 Å². The van der Waals surface area contributed by atoms with Crippen molar-refractivity contribution in [2.75, 3.05) is 13.7 Å². The fourth-order valence-corrected chi connectivity index (χ4v) is 7.45. The quantitative estimate of drug-likeness (QED) is 0.455. The molecule has 12 heteroatoms. The second-order valence-corrected chi connectivity index (χ2v) is 14.2. The van der Waals surface area contributed by atoms with Gasteiger partial charge in [0.05, 0.1) is 30.7 Å². The van der Waals surface area contributed by atoms with Crippen LogP contribution in [0.5, 0.6) is 11.6 Å². The molecule has 2 aliphatic carbocycles. The first-order chi connectivity index (χ1) is 21.4. The molecule has 5 unspecified atom stereocenters. The molecule has 45 heavy (non-hydrogen) atoms. The van der Waals surface area contributed by atoms with Crippen LogP contribution in [0, 0.1) is 29.1 Å². The summed E-state index contributed by atoms with van der Waals surface area (Å²) in [6.45, 7) is 7.21. The summed E-state index contributed by atoms with van der Waals surface area (Å²) in [7, 11) is 1.51. The number of alkyl halides is 2. The van der Waals surface area contributed by atoms with Crippen LogP contribution in [0.1, 0.15) is 71.7 Å². The number of halogens is 2. The highest BCUT2D eigenvalue weighted by Gasteiger charge is 2.55. The molecule has 1 N–H and O–H groups in total. The Bertz CT molecular complexity index is 1470. The minimum Gasteiger partial charge on any atom is -0.497 e. The number of aldehydes is 1. The van der Waals surface area contributed by atoms with Gasteiger partial charge in [-0.25, -0.2) is 23.5 Å². The Morgan fingerprint density at radius 2 is 1.82 bits per heavy atom. The lowest BCUT2D eigenvalue weighted by Crippen LogP contribution is -2.56. The first-order valence-electron chi connectivity index (χ1n) is 15.9. The smallest absolute Gasteiger partial charge is 0.408 e. The number of hydrogen-bond acceptors (Lipinski definition) is 8. The fraction of sp³-hybridized carbons (Fsp3) is 0.667. The molecule has 6 rings (SSSR count). The van der Waals surface area contributed by atoms with Gasteiger partial charge in [-0.15, -0.1) is 0 Å². The number of fused-ring (bicyclic) bond motifs is 7. The van der Waals surface area contributed by atoms with Crippen LogP contribution in [0.15, 0.2) is 18.2 Å². The van der Waals surface area contributed by atoms with E-state index in [1.165, 1.54) is 12.0 Å². The predicted octanol–water partition coefficient (Wildman–Crippen LogP) is 5.13. The molecule has 4 aliphatic rings. The topological polar surface area (TPSA) is 120 Å². The van der Waals surface area contributed by atoms with Gasteiger partial charge in [0.2, 0.25) is 11.8 Å². The van der Waals surface area contributed by atoms with E-state index in [9.17, 15) is 14.4 Å². The number of rotatable bonds is 2. The zero-order valence-electron chi connectivity index (χ0n) is 26.4. The Morgan fingerprint density at radius 1 is 1.04 bits per heavy atom. The molecule has 2 aliphatic heterocycles. The molecule has 3 heterocycles. The molecule has 244 valence electrons. The molecule has 1 aromatic carbocycles. The Kier molecular flexibility index (Phi) is 8.36.